The van der Waals surface area contributed by atoms with Crippen LogP contribution in [0, 0.1) is 18.3 Å². The molecule has 7 heteroatoms. The van der Waals surface area contributed by atoms with Crippen molar-refractivity contribution in [1.29, 1.82) is 5.26 Å². The minimum absolute atomic E-state index is 0.00581. The molecule has 0 bridgehead atoms. The molecular weight excluding hydrogens is 300 g/mol. The van der Waals surface area contributed by atoms with Crippen LogP contribution in [0.1, 0.15) is 36.8 Å². The molecule has 1 aromatic carbocycles. The standard InChI is InChI=1S/C16H16N2O5/c1-10-3-5-12(6-4-10)13(9-17)11(2)22-16(21)23-18-14(19)7-8-15(18)20/h3-6,11,13H,7-8H2,1-2H3. The number of hydrogen-bond acceptors (Lipinski definition) is 6. The van der Waals surface area contributed by atoms with Crippen LogP contribution in [0.3, 0.4) is 0 Å². The number of benzene rings is 1. The average molecular weight is 316 g/mol. The molecule has 2 unspecified atom stereocenters. The number of amides is 2. The van der Waals surface area contributed by atoms with Crippen molar-refractivity contribution in [2.75, 3.05) is 0 Å². The van der Waals surface area contributed by atoms with E-state index in [0.717, 1.165) is 5.56 Å². The first-order chi connectivity index (χ1) is 10.9. The minimum Gasteiger partial charge on any atom is -0.428 e. The molecule has 1 saturated heterocycles. The lowest BCUT2D eigenvalue weighted by molar-refractivity contribution is -0.178. The van der Waals surface area contributed by atoms with E-state index < -0.39 is 30.0 Å². The molecule has 0 N–H and O–H groups in total. The van der Waals surface area contributed by atoms with Gasteiger partial charge in [-0.15, -0.1) is 0 Å². The monoisotopic (exact) mass is 316 g/mol. The summed E-state index contributed by atoms with van der Waals surface area (Å²) in [4.78, 5) is 39.1. The van der Waals surface area contributed by atoms with Crippen molar-refractivity contribution in [3.05, 3.63) is 35.4 Å². The van der Waals surface area contributed by atoms with Crippen LogP contribution in [-0.2, 0) is 19.2 Å². The van der Waals surface area contributed by atoms with Gasteiger partial charge in [-0.1, -0.05) is 34.9 Å². The fourth-order valence-electron chi connectivity index (χ4n) is 2.20. The van der Waals surface area contributed by atoms with Crippen LogP contribution in [0.4, 0.5) is 4.79 Å². The Kier molecular flexibility index (Phi) is 4.96. The summed E-state index contributed by atoms with van der Waals surface area (Å²) in [5.41, 5.74) is 1.75. The van der Waals surface area contributed by atoms with E-state index in [9.17, 15) is 19.6 Å². The predicted octanol–water partition coefficient (Wildman–Crippen LogP) is 2.21. The lowest BCUT2D eigenvalue weighted by atomic mass is 9.95. The van der Waals surface area contributed by atoms with Crippen LogP contribution < -0.4 is 0 Å². The molecular formula is C16H16N2O5. The Morgan fingerprint density at radius 2 is 1.78 bits per heavy atom. The van der Waals surface area contributed by atoms with E-state index in [4.69, 9.17) is 4.74 Å². The van der Waals surface area contributed by atoms with Gasteiger partial charge >= 0.3 is 6.16 Å². The Morgan fingerprint density at radius 1 is 1.22 bits per heavy atom. The Hall–Kier alpha value is -2.88. The van der Waals surface area contributed by atoms with Crippen molar-refractivity contribution in [1.82, 2.24) is 5.06 Å². The number of imide groups is 1. The van der Waals surface area contributed by atoms with Crippen LogP contribution >= 0.6 is 0 Å². The van der Waals surface area contributed by atoms with Gasteiger partial charge in [-0.05, 0) is 19.4 Å². The van der Waals surface area contributed by atoms with Gasteiger partial charge in [0, 0.05) is 12.8 Å². The smallest absolute Gasteiger partial charge is 0.428 e. The molecule has 0 saturated carbocycles. The Balaban J connectivity index is 1.99. The first-order valence-electron chi connectivity index (χ1n) is 7.13. The Labute approximate surface area is 133 Å². The molecule has 1 aliphatic heterocycles. The van der Waals surface area contributed by atoms with Crippen molar-refractivity contribution in [2.24, 2.45) is 0 Å². The molecule has 0 aromatic heterocycles. The van der Waals surface area contributed by atoms with E-state index >= 15 is 0 Å². The van der Waals surface area contributed by atoms with Crippen molar-refractivity contribution >= 4 is 18.0 Å². The van der Waals surface area contributed by atoms with Gasteiger partial charge in [-0.3, -0.25) is 14.4 Å². The highest BCUT2D eigenvalue weighted by molar-refractivity contribution is 6.01. The molecule has 2 amide bonds. The van der Waals surface area contributed by atoms with Crippen LogP contribution in [0.25, 0.3) is 0 Å². The van der Waals surface area contributed by atoms with Crippen LogP contribution in [0.15, 0.2) is 24.3 Å². The van der Waals surface area contributed by atoms with E-state index in [1.54, 1.807) is 19.1 Å². The summed E-state index contributed by atoms with van der Waals surface area (Å²) in [6.07, 6.45) is -1.98. The summed E-state index contributed by atoms with van der Waals surface area (Å²) in [6, 6.07) is 9.34. The van der Waals surface area contributed by atoms with Gasteiger partial charge in [0.15, 0.2) is 0 Å². The fraction of sp³-hybridized carbons (Fsp3) is 0.375. The van der Waals surface area contributed by atoms with Crippen LogP contribution in [-0.4, -0.2) is 29.1 Å². The lowest BCUT2D eigenvalue weighted by Crippen LogP contribution is -2.34. The van der Waals surface area contributed by atoms with Crippen LogP contribution in [0.5, 0.6) is 0 Å². The van der Waals surface area contributed by atoms with Crippen molar-refractivity contribution in [3.8, 4) is 6.07 Å². The van der Waals surface area contributed by atoms with Gasteiger partial charge in [-0.2, -0.15) is 5.26 Å². The van der Waals surface area contributed by atoms with E-state index in [0.29, 0.717) is 10.6 Å². The average Bonchev–Trinajstić information content (AvgIpc) is 2.81. The second-order valence-electron chi connectivity index (χ2n) is 5.26. The first-order valence-corrected chi connectivity index (χ1v) is 7.13. The number of hydroxylamine groups is 2. The third-order valence-corrected chi connectivity index (χ3v) is 3.50. The van der Waals surface area contributed by atoms with E-state index in [2.05, 4.69) is 10.9 Å². The van der Waals surface area contributed by atoms with E-state index in [-0.39, 0.29) is 12.8 Å². The molecule has 0 spiro atoms. The van der Waals surface area contributed by atoms with Gasteiger partial charge in [0.1, 0.15) is 12.0 Å². The van der Waals surface area contributed by atoms with Gasteiger partial charge in [0.2, 0.25) is 0 Å². The fourth-order valence-corrected chi connectivity index (χ4v) is 2.20. The zero-order chi connectivity index (χ0) is 17.0. The van der Waals surface area contributed by atoms with Gasteiger partial charge in [0.25, 0.3) is 11.8 Å². The molecule has 23 heavy (non-hydrogen) atoms. The second-order valence-corrected chi connectivity index (χ2v) is 5.26. The highest BCUT2D eigenvalue weighted by Crippen LogP contribution is 2.22. The molecule has 7 nitrogen and oxygen atoms in total. The maximum atomic E-state index is 11.7. The molecule has 0 aliphatic carbocycles. The number of hydrogen-bond donors (Lipinski definition) is 0. The highest BCUT2D eigenvalue weighted by Gasteiger charge is 2.34. The Bertz CT molecular complexity index is 646. The SMILES string of the molecule is Cc1ccc(C(C#N)C(C)OC(=O)ON2C(=O)CCC2=O)cc1. The molecule has 0 radical (unpaired) electrons. The molecule has 2 rings (SSSR count). The third-order valence-electron chi connectivity index (χ3n) is 3.50. The van der Waals surface area contributed by atoms with Crippen molar-refractivity contribution in [3.63, 3.8) is 0 Å². The van der Waals surface area contributed by atoms with Crippen LogP contribution in [0.2, 0.25) is 0 Å². The summed E-state index contributed by atoms with van der Waals surface area (Å²) < 4.78 is 5.02. The molecule has 2 atom stereocenters. The normalized spacial score (nSPS) is 16.7. The largest absolute Gasteiger partial charge is 0.534 e. The van der Waals surface area contributed by atoms with Crippen molar-refractivity contribution in [2.45, 2.75) is 38.7 Å². The van der Waals surface area contributed by atoms with Gasteiger partial charge in [0.05, 0.1) is 6.07 Å². The first kappa shape index (κ1) is 16.5. The third kappa shape index (κ3) is 3.86. The number of nitrogens with zero attached hydrogens (tertiary/aromatic N) is 2. The summed E-state index contributed by atoms with van der Waals surface area (Å²) in [6.45, 7) is 3.47. The predicted molar refractivity (Wildman–Crippen MR) is 77.6 cm³/mol. The van der Waals surface area contributed by atoms with Gasteiger partial charge in [-0.25, -0.2) is 4.79 Å². The number of nitriles is 1. The zero-order valence-electron chi connectivity index (χ0n) is 12.8. The van der Waals surface area contributed by atoms with Crippen molar-refractivity contribution < 1.29 is 24.0 Å². The summed E-state index contributed by atoms with van der Waals surface area (Å²) in [5.74, 6) is -1.86. The maximum Gasteiger partial charge on any atom is 0.534 e. The summed E-state index contributed by atoms with van der Waals surface area (Å²) in [7, 11) is 0. The quantitative estimate of drug-likeness (QED) is 0.624. The summed E-state index contributed by atoms with van der Waals surface area (Å²) >= 11 is 0. The maximum absolute atomic E-state index is 11.7. The molecule has 1 aromatic rings. The lowest BCUT2D eigenvalue weighted by Gasteiger charge is -2.19. The molecule has 120 valence electrons. The van der Waals surface area contributed by atoms with E-state index in [1.807, 2.05) is 19.1 Å². The Morgan fingerprint density at radius 3 is 2.30 bits per heavy atom. The highest BCUT2D eigenvalue weighted by atomic mass is 16.8. The molecule has 1 heterocycles. The molecule has 1 fully saturated rings. The van der Waals surface area contributed by atoms with Gasteiger partial charge < -0.3 is 4.74 Å². The molecule has 1 aliphatic rings. The number of carbonyl (C=O) groups excluding carboxylic acids is 3. The number of aryl methyl sites for hydroxylation is 1. The minimum atomic E-state index is -1.19. The zero-order valence-corrected chi connectivity index (χ0v) is 12.8. The number of carbonyl (C=O) groups is 3. The van der Waals surface area contributed by atoms with E-state index in [1.165, 1.54) is 0 Å². The summed E-state index contributed by atoms with van der Waals surface area (Å²) in [5, 5.41) is 9.70. The second kappa shape index (κ2) is 6.92. The topological polar surface area (TPSA) is 96.7 Å². The number of ether oxygens (including phenoxy) is 1. The number of rotatable bonds is 4.